The van der Waals surface area contributed by atoms with Gasteiger partial charge in [0.2, 0.25) is 5.78 Å². The molecule has 4 heteroatoms. The highest BCUT2D eigenvalue weighted by Crippen LogP contribution is 2.22. The monoisotopic (exact) mass is 218 g/mol. The number of ketones is 1. The van der Waals surface area contributed by atoms with E-state index in [1.165, 1.54) is 12.1 Å². The summed E-state index contributed by atoms with van der Waals surface area (Å²) < 4.78 is 24.2. The van der Waals surface area contributed by atoms with Crippen molar-refractivity contribution in [1.29, 1.82) is 0 Å². The molecule has 1 aromatic rings. The fourth-order valence-electron chi connectivity index (χ4n) is 1.21. The van der Waals surface area contributed by atoms with Gasteiger partial charge in [-0.15, -0.1) is 0 Å². The van der Waals surface area contributed by atoms with Crippen LogP contribution in [-0.4, -0.2) is 12.2 Å². The quantitative estimate of drug-likeness (QED) is 0.696. The van der Waals surface area contributed by atoms with Crippen LogP contribution in [0.1, 0.15) is 21.5 Å². The van der Waals surface area contributed by atoms with Gasteiger partial charge >= 0.3 is 6.43 Å². The smallest absolute Gasteiger partial charge is 0.288 e. The van der Waals surface area contributed by atoms with Gasteiger partial charge in [-0.3, -0.25) is 4.79 Å². The van der Waals surface area contributed by atoms with Gasteiger partial charge < -0.3 is 0 Å². The molecule has 0 unspecified atom stereocenters. The summed E-state index contributed by atoms with van der Waals surface area (Å²) in [5.74, 6) is -1.16. The van der Waals surface area contributed by atoms with Gasteiger partial charge in [-0.1, -0.05) is 11.6 Å². The van der Waals surface area contributed by atoms with Crippen molar-refractivity contribution in [2.45, 2.75) is 20.3 Å². The van der Waals surface area contributed by atoms with E-state index < -0.39 is 12.2 Å². The molecule has 0 spiro atoms. The Morgan fingerprint density at radius 1 is 1.29 bits per heavy atom. The average molecular weight is 219 g/mol. The predicted molar refractivity (Wildman–Crippen MR) is 51.3 cm³/mol. The largest absolute Gasteiger partial charge is 0.300 e. The van der Waals surface area contributed by atoms with E-state index in [2.05, 4.69) is 0 Å². The van der Waals surface area contributed by atoms with Crippen molar-refractivity contribution in [2.75, 3.05) is 0 Å². The molecule has 1 aromatic carbocycles. The van der Waals surface area contributed by atoms with E-state index in [4.69, 9.17) is 11.6 Å². The molecule has 76 valence electrons. The molecule has 0 atom stereocenters. The van der Waals surface area contributed by atoms with Gasteiger partial charge in [0.25, 0.3) is 0 Å². The fourth-order valence-corrected chi connectivity index (χ4v) is 1.32. The summed E-state index contributed by atoms with van der Waals surface area (Å²) in [6.07, 6.45) is -2.96. The molecule has 0 aliphatic carbocycles. The first-order valence-electron chi connectivity index (χ1n) is 4.02. The highest BCUT2D eigenvalue weighted by atomic mass is 35.5. The number of halogens is 3. The van der Waals surface area contributed by atoms with Crippen LogP contribution in [0.25, 0.3) is 0 Å². The molecule has 0 radical (unpaired) electrons. The first-order valence-corrected chi connectivity index (χ1v) is 4.40. The number of hydrogen-bond acceptors (Lipinski definition) is 1. The molecule has 0 aromatic heterocycles. The summed E-state index contributed by atoms with van der Waals surface area (Å²) in [5, 5.41) is 0.510. The molecule has 0 amide bonds. The lowest BCUT2D eigenvalue weighted by atomic mass is 10.0. The zero-order chi connectivity index (χ0) is 10.9. The lowest BCUT2D eigenvalue weighted by Gasteiger charge is -2.06. The van der Waals surface area contributed by atoms with Gasteiger partial charge in [0.1, 0.15) is 0 Å². The van der Waals surface area contributed by atoms with Crippen molar-refractivity contribution in [3.05, 3.63) is 33.8 Å². The molecule has 1 nitrogen and oxygen atoms in total. The number of carbonyl (C=O) groups is 1. The topological polar surface area (TPSA) is 17.1 Å². The van der Waals surface area contributed by atoms with Crippen molar-refractivity contribution in [3.63, 3.8) is 0 Å². The van der Waals surface area contributed by atoms with E-state index in [1.807, 2.05) is 0 Å². The number of aryl methyl sites for hydroxylation is 2. The summed E-state index contributed by atoms with van der Waals surface area (Å²) in [4.78, 5) is 11.0. The van der Waals surface area contributed by atoms with Gasteiger partial charge in [0.15, 0.2) is 0 Å². The van der Waals surface area contributed by atoms with Crippen LogP contribution in [0.5, 0.6) is 0 Å². The lowest BCUT2D eigenvalue weighted by molar-refractivity contribution is 0.0678. The Morgan fingerprint density at radius 3 is 2.07 bits per heavy atom. The molecule has 0 N–H and O–H groups in total. The van der Waals surface area contributed by atoms with E-state index in [9.17, 15) is 13.6 Å². The summed E-state index contributed by atoms with van der Waals surface area (Å²) >= 11 is 5.84. The number of rotatable bonds is 2. The van der Waals surface area contributed by atoms with Crippen LogP contribution >= 0.6 is 11.6 Å². The standard InChI is InChI=1S/C10H9ClF2O/c1-5-3-7(9(14)10(12)13)4-6(2)8(5)11/h3-4,10H,1-2H3. The highest BCUT2D eigenvalue weighted by Gasteiger charge is 2.18. The van der Waals surface area contributed by atoms with Crippen molar-refractivity contribution in [3.8, 4) is 0 Å². The Hall–Kier alpha value is -0.960. The first-order chi connectivity index (χ1) is 6.43. The lowest BCUT2D eigenvalue weighted by Crippen LogP contribution is -2.10. The van der Waals surface area contributed by atoms with Gasteiger partial charge in [0, 0.05) is 10.6 Å². The van der Waals surface area contributed by atoms with E-state index in [0.29, 0.717) is 16.1 Å². The van der Waals surface area contributed by atoms with Crippen LogP contribution in [0.4, 0.5) is 8.78 Å². The van der Waals surface area contributed by atoms with Crippen molar-refractivity contribution in [2.24, 2.45) is 0 Å². The number of benzene rings is 1. The second-order valence-corrected chi connectivity index (χ2v) is 3.47. The normalized spacial score (nSPS) is 10.7. The molecular weight excluding hydrogens is 210 g/mol. The molecule has 0 bridgehead atoms. The maximum atomic E-state index is 12.1. The SMILES string of the molecule is Cc1cc(C(=O)C(F)F)cc(C)c1Cl. The van der Waals surface area contributed by atoms with Gasteiger partial charge in [-0.2, -0.15) is 0 Å². The van der Waals surface area contributed by atoms with Crippen molar-refractivity contribution >= 4 is 17.4 Å². The molecular formula is C10H9ClF2O. The number of carbonyl (C=O) groups excluding carboxylic acids is 1. The summed E-state index contributed by atoms with van der Waals surface area (Å²) in [6, 6.07) is 2.76. The minimum absolute atomic E-state index is 0.0133. The summed E-state index contributed by atoms with van der Waals surface area (Å²) in [6.45, 7) is 3.36. The number of Topliss-reactive ketones (excluding diaryl/α,β-unsaturated/α-hetero) is 1. The van der Waals surface area contributed by atoms with Crippen LogP contribution in [-0.2, 0) is 0 Å². The maximum absolute atomic E-state index is 12.1. The zero-order valence-corrected chi connectivity index (χ0v) is 8.53. The molecule has 0 aliphatic heterocycles. The Morgan fingerprint density at radius 2 is 1.71 bits per heavy atom. The molecule has 0 fully saturated rings. The predicted octanol–water partition coefficient (Wildman–Crippen LogP) is 3.40. The molecule has 0 saturated carbocycles. The molecule has 14 heavy (non-hydrogen) atoms. The summed E-state index contributed by atoms with van der Waals surface area (Å²) in [5.41, 5.74) is 1.28. The van der Waals surface area contributed by atoms with Crippen LogP contribution in [0.15, 0.2) is 12.1 Å². The first kappa shape index (κ1) is 11.1. The van der Waals surface area contributed by atoms with E-state index in [1.54, 1.807) is 13.8 Å². The van der Waals surface area contributed by atoms with Crippen LogP contribution in [0, 0.1) is 13.8 Å². The summed E-state index contributed by atoms with van der Waals surface area (Å²) in [7, 11) is 0. The van der Waals surface area contributed by atoms with Crippen molar-refractivity contribution in [1.82, 2.24) is 0 Å². The van der Waals surface area contributed by atoms with Crippen molar-refractivity contribution < 1.29 is 13.6 Å². The third kappa shape index (κ3) is 2.10. The fraction of sp³-hybridized carbons (Fsp3) is 0.300. The number of hydrogen-bond donors (Lipinski definition) is 0. The van der Waals surface area contributed by atoms with Crippen LogP contribution < -0.4 is 0 Å². The van der Waals surface area contributed by atoms with Gasteiger partial charge in [-0.05, 0) is 37.1 Å². The second kappa shape index (κ2) is 4.05. The Bertz CT molecular complexity index is 351. The minimum Gasteiger partial charge on any atom is -0.288 e. The van der Waals surface area contributed by atoms with E-state index >= 15 is 0 Å². The third-order valence-corrected chi connectivity index (χ3v) is 2.52. The second-order valence-electron chi connectivity index (χ2n) is 3.09. The van der Waals surface area contributed by atoms with Crippen LogP contribution in [0.2, 0.25) is 5.02 Å². The molecule has 0 saturated heterocycles. The van der Waals surface area contributed by atoms with Gasteiger partial charge in [-0.25, -0.2) is 8.78 Å². The maximum Gasteiger partial charge on any atom is 0.300 e. The number of alkyl halides is 2. The highest BCUT2D eigenvalue weighted by molar-refractivity contribution is 6.32. The molecule has 1 rings (SSSR count). The minimum atomic E-state index is -2.96. The Kier molecular flexibility index (Phi) is 3.21. The average Bonchev–Trinajstić information content (AvgIpc) is 2.12. The Balaban J connectivity index is 3.19. The van der Waals surface area contributed by atoms with E-state index in [-0.39, 0.29) is 5.56 Å². The van der Waals surface area contributed by atoms with Crippen LogP contribution in [0.3, 0.4) is 0 Å². The van der Waals surface area contributed by atoms with Gasteiger partial charge in [0.05, 0.1) is 0 Å². The van der Waals surface area contributed by atoms with E-state index in [0.717, 1.165) is 0 Å². The Labute approximate surface area is 85.7 Å². The molecule has 0 heterocycles. The third-order valence-electron chi connectivity index (χ3n) is 1.92. The molecule has 0 aliphatic rings. The zero-order valence-electron chi connectivity index (χ0n) is 7.77.